The molecule has 0 aliphatic rings. The second-order valence-corrected chi connectivity index (χ2v) is 5.28. The van der Waals surface area contributed by atoms with Gasteiger partial charge >= 0.3 is 0 Å². The van der Waals surface area contributed by atoms with Crippen molar-refractivity contribution in [1.29, 1.82) is 0 Å². The van der Waals surface area contributed by atoms with Gasteiger partial charge in [0.25, 0.3) is 0 Å². The Morgan fingerprint density at radius 3 is 2.56 bits per heavy atom. The molecule has 2 aromatic rings. The van der Waals surface area contributed by atoms with Crippen molar-refractivity contribution < 1.29 is 0 Å². The van der Waals surface area contributed by atoms with Gasteiger partial charge in [0.05, 0.1) is 0 Å². The number of rotatable bonds is 3. The fourth-order valence-corrected chi connectivity index (χ4v) is 2.78. The molecule has 1 heterocycles. The van der Waals surface area contributed by atoms with Gasteiger partial charge in [0, 0.05) is 17.5 Å². The normalized spacial score (nSPS) is 10.4. The summed E-state index contributed by atoms with van der Waals surface area (Å²) in [5, 5.41) is 4.12. The maximum absolute atomic E-state index is 4.52. The number of benzene rings is 1. The van der Waals surface area contributed by atoms with Crippen LogP contribution in [0.2, 0.25) is 0 Å². The largest absolute Gasteiger partial charge is 0.373 e. The number of aromatic nitrogens is 2. The molecule has 0 fully saturated rings. The summed E-state index contributed by atoms with van der Waals surface area (Å²) < 4.78 is 0. The van der Waals surface area contributed by atoms with Gasteiger partial charge in [0.15, 0.2) is 0 Å². The molecule has 4 heteroatoms. The Morgan fingerprint density at radius 1 is 1.11 bits per heavy atom. The fourth-order valence-electron chi connectivity index (χ4n) is 1.74. The number of aryl methyl sites for hydroxylation is 2. The lowest BCUT2D eigenvalue weighted by molar-refractivity contribution is 0.940. The summed E-state index contributed by atoms with van der Waals surface area (Å²) in [5.41, 5.74) is 2.35. The predicted molar refractivity (Wildman–Crippen MR) is 76.4 cm³/mol. The Hall–Kier alpha value is -1.55. The van der Waals surface area contributed by atoms with Crippen molar-refractivity contribution in [2.45, 2.75) is 30.7 Å². The molecule has 0 saturated heterocycles. The first-order chi connectivity index (χ1) is 8.60. The van der Waals surface area contributed by atoms with Crippen molar-refractivity contribution >= 4 is 17.6 Å². The van der Waals surface area contributed by atoms with Crippen LogP contribution in [0.3, 0.4) is 0 Å². The van der Waals surface area contributed by atoms with E-state index in [1.807, 2.05) is 20.9 Å². The summed E-state index contributed by atoms with van der Waals surface area (Å²) in [6, 6.07) is 8.44. The first kappa shape index (κ1) is 12.9. The SMILES string of the molecule is CNc1nc(C)nc(Sc2cccc(C)c2)c1C. The molecule has 18 heavy (non-hydrogen) atoms. The van der Waals surface area contributed by atoms with Gasteiger partial charge in [0.1, 0.15) is 16.7 Å². The van der Waals surface area contributed by atoms with Gasteiger partial charge in [-0.3, -0.25) is 0 Å². The van der Waals surface area contributed by atoms with Gasteiger partial charge in [0.2, 0.25) is 0 Å². The molecule has 1 aromatic carbocycles. The van der Waals surface area contributed by atoms with Crippen LogP contribution in [0.15, 0.2) is 34.2 Å². The van der Waals surface area contributed by atoms with E-state index in [0.29, 0.717) is 0 Å². The quantitative estimate of drug-likeness (QED) is 0.855. The summed E-state index contributed by atoms with van der Waals surface area (Å²) in [6.07, 6.45) is 0. The van der Waals surface area contributed by atoms with Gasteiger partial charge in [-0.1, -0.05) is 29.5 Å². The highest BCUT2D eigenvalue weighted by Crippen LogP contribution is 2.31. The first-order valence-corrected chi connectivity index (χ1v) is 6.69. The van der Waals surface area contributed by atoms with Crippen LogP contribution in [0.4, 0.5) is 5.82 Å². The highest BCUT2D eigenvalue weighted by Gasteiger charge is 2.09. The monoisotopic (exact) mass is 259 g/mol. The maximum Gasteiger partial charge on any atom is 0.133 e. The molecule has 0 aliphatic heterocycles. The summed E-state index contributed by atoms with van der Waals surface area (Å²) >= 11 is 1.68. The van der Waals surface area contributed by atoms with Crippen LogP contribution >= 0.6 is 11.8 Å². The lowest BCUT2D eigenvalue weighted by atomic mass is 10.2. The summed E-state index contributed by atoms with van der Waals surface area (Å²) in [7, 11) is 1.88. The molecule has 0 aliphatic carbocycles. The van der Waals surface area contributed by atoms with E-state index in [0.717, 1.165) is 22.2 Å². The Morgan fingerprint density at radius 2 is 1.89 bits per heavy atom. The van der Waals surface area contributed by atoms with E-state index in [2.05, 4.69) is 46.5 Å². The van der Waals surface area contributed by atoms with E-state index in [4.69, 9.17) is 0 Å². The second kappa shape index (κ2) is 5.40. The Kier molecular flexibility index (Phi) is 3.87. The second-order valence-electron chi connectivity index (χ2n) is 4.22. The molecule has 0 radical (unpaired) electrons. The third kappa shape index (κ3) is 2.82. The summed E-state index contributed by atoms with van der Waals surface area (Å²) in [4.78, 5) is 10.1. The third-order valence-electron chi connectivity index (χ3n) is 2.65. The minimum Gasteiger partial charge on any atom is -0.373 e. The van der Waals surface area contributed by atoms with Crippen molar-refractivity contribution in [1.82, 2.24) is 9.97 Å². The van der Waals surface area contributed by atoms with Gasteiger partial charge < -0.3 is 5.32 Å². The molecule has 1 N–H and O–H groups in total. The lowest BCUT2D eigenvalue weighted by Crippen LogP contribution is -2.01. The molecule has 94 valence electrons. The zero-order chi connectivity index (χ0) is 13.1. The summed E-state index contributed by atoms with van der Waals surface area (Å²) in [6.45, 7) is 6.06. The van der Waals surface area contributed by atoms with Crippen LogP contribution in [0.25, 0.3) is 0 Å². The van der Waals surface area contributed by atoms with Gasteiger partial charge in [-0.2, -0.15) is 0 Å². The van der Waals surface area contributed by atoms with Gasteiger partial charge in [-0.15, -0.1) is 0 Å². The molecule has 0 amide bonds. The smallest absolute Gasteiger partial charge is 0.133 e. The van der Waals surface area contributed by atoms with E-state index in [-0.39, 0.29) is 0 Å². The highest BCUT2D eigenvalue weighted by atomic mass is 32.2. The highest BCUT2D eigenvalue weighted by molar-refractivity contribution is 7.99. The van der Waals surface area contributed by atoms with Crippen LogP contribution < -0.4 is 5.32 Å². The van der Waals surface area contributed by atoms with Gasteiger partial charge in [-0.05, 0) is 32.9 Å². The van der Waals surface area contributed by atoms with E-state index in [1.54, 1.807) is 11.8 Å². The Bertz CT molecular complexity index is 567. The van der Waals surface area contributed by atoms with E-state index in [9.17, 15) is 0 Å². The standard InChI is InChI=1S/C14H17N3S/c1-9-6-5-7-12(8-9)18-14-10(2)13(15-4)16-11(3)17-14/h5-8H,1-4H3,(H,15,16,17). The van der Waals surface area contributed by atoms with Gasteiger partial charge in [-0.25, -0.2) is 9.97 Å². The van der Waals surface area contributed by atoms with Crippen LogP contribution in [-0.4, -0.2) is 17.0 Å². The topological polar surface area (TPSA) is 37.8 Å². The Balaban J connectivity index is 2.37. The molecule has 0 unspecified atom stereocenters. The molecular weight excluding hydrogens is 242 g/mol. The molecule has 2 rings (SSSR count). The van der Waals surface area contributed by atoms with Crippen molar-refractivity contribution in [2.24, 2.45) is 0 Å². The van der Waals surface area contributed by atoms with Crippen molar-refractivity contribution in [2.75, 3.05) is 12.4 Å². The Labute approximate surface area is 112 Å². The number of nitrogens with zero attached hydrogens (tertiary/aromatic N) is 2. The average molecular weight is 259 g/mol. The van der Waals surface area contributed by atoms with Crippen molar-refractivity contribution in [3.8, 4) is 0 Å². The van der Waals surface area contributed by atoms with E-state index >= 15 is 0 Å². The zero-order valence-electron chi connectivity index (χ0n) is 11.1. The summed E-state index contributed by atoms with van der Waals surface area (Å²) in [5.74, 6) is 1.69. The van der Waals surface area contributed by atoms with E-state index in [1.165, 1.54) is 10.5 Å². The molecule has 0 spiro atoms. The zero-order valence-corrected chi connectivity index (χ0v) is 11.9. The first-order valence-electron chi connectivity index (χ1n) is 5.87. The van der Waals surface area contributed by atoms with Crippen LogP contribution in [-0.2, 0) is 0 Å². The molecular formula is C14H17N3S. The lowest BCUT2D eigenvalue weighted by Gasteiger charge is -2.10. The van der Waals surface area contributed by atoms with Crippen molar-refractivity contribution in [3.05, 3.63) is 41.2 Å². The average Bonchev–Trinajstić information content (AvgIpc) is 2.33. The minimum absolute atomic E-state index is 0.792. The molecule has 0 bridgehead atoms. The third-order valence-corrected chi connectivity index (χ3v) is 3.73. The number of hydrogen-bond donors (Lipinski definition) is 1. The predicted octanol–water partition coefficient (Wildman–Crippen LogP) is 3.59. The molecule has 1 aromatic heterocycles. The maximum atomic E-state index is 4.52. The fraction of sp³-hybridized carbons (Fsp3) is 0.286. The molecule has 0 atom stereocenters. The molecule has 0 saturated carbocycles. The van der Waals surface area contributed by atoms with Crippen LogP contribution in [0, 0.1) is 20.8 Å². The number of anilines is 1. The van der Waals surface area contributed by atoms with Crippen molar-refractivity contribution in [3.63, 3.8) is 0 Å². The number of hydrogen-bond acceptors (Lipinski definition) is 4. The van der Waals surface area contributed by atoms with Crippen LogP contribution in [0.5, 0.6) is 0 Å². The molecule has 3 nitrogen and oxygen atoms in total. The van der Waals surface area contributed by atoms with Crippen LogP contribution in [0.1, 0.15) is 17.0 Å². The minimum atomic E-state index is 0.792. The number of nitrogens with one attached hydrogen (secondary N) is 1. The van der Waals surface area contributed by atoms with E-state index < -0.39 is 0 Å².